The second-order valence-corrected chi connectivity index (χ2v) is 4.85. The molecular formula is C12H16BrN5. The molecule has 18 heavy (non-hydrogen) atoms. The largest absolute Gasteiger partial charge is 0.372 e. The summed E-state index contributed by atoms with van der Waals surface area (Å²) in [7, 11) is 3.75. The van der Waals surface area contributed by atoms with Crippen LogP contribution in [0, 0.1) is 6.92 Å². The van der Waals surface area contributed by atoms with Gasteiger partial charge in [0.05, 0.1) is 21.4 Å². The molecule has 0 saturated heterocycles. The van der Waals surface area contributed by atoms with Crippen LogP contribution in [0.4, 0.5) is 5.82 Å². The van der Waals surface area contributed by atoms with Crippen molar-refractivity contribution >= 4 is 21.7 Å². The number of rotatable bonds is 3. The van der Waals surface area contributed by atoms with Gasteiger partial charge in [-0.25, -0.2) is 9.97 Å². The van der Waals surface area contributed by atoms with Crippen LogP contribution in [-0.2, 0) is 13.5 Å². The molecule has 0 atom stereocenters. The van der Waals surface area contributed by atoms with Crippen LogP contribution >= 0.6 is 15.9 Å². The molecule has 6 heteroatoms. The van der Waals surface area contributed by atoms with E-state index in [0.717, 1.165) is 33.7 Å². The molecular weight excluding hydrogens is 294 g/mol. The minimum atomic E-state index is 0.713. The predicted molar refractivity (Wildman–Crippen MR) is 75.6 cm³/mol. The van der Waals surface area contributed by atoms with Gasteiger partial charge in [0, 0.05) is 20.3 Å². The van der Waals surface area contributed by atoms with Gasteiger partial charge in [-0.3, -0.25) is 4.68 Å². The van der Waals surface area contributed by atoms with Gasteiger partial charge in [-0.1, -0.05) is 6.92 Å². The van der Waals surface area contributed by atoms with E-state index in [4.69, 9.17) is 0 Å². The van der Waals surface area contributed by atoms with Crippen LogP contribution in [0.25, 0.3) is 11.4 Å². The molecule has 2 aromatic heterocycles. The third-order valence-electron chi connectivity index (χ3n) is 2.75. The molecule has 2 aromatic rings. The lowest BCUT2D eigenvalue weighted by atomic mass is 10.2. The molecule has 96 valence electrons. The van der Waals surface area contributed by atoms with Crippen LogP contribution in [0.1, 0.15) is 18.3 Å². The molecule has 2 heterocycles. The minimum absolute atomic E-state index is 0.713. The Hall–Kier alpha value is -1.43. The standard InChI is InChI=1S/C12H16BrN5/c1-5-9-10(13)12(14-3)16-11(15-9)8-6-18(4)17-7(8)2/h6H,5H2,1-4H3,(H,14,15,16). The molecule has 0 radical (unpaired) electrons. The Morgan fingerprint density at radius 2 is 2.11 bits per heavy atom. The van der Waals surface area contributed by atoms with Crippen molar-refractivity contribution in [3.8, 4) is 11.4 Å². The maximum absolute atomic E-state index is 4.59. The molecule has 2 rings (SSSR count). The minimum Gasteiger partial charge on any atom is -0.372 e. The molecule has 0 aliphatic carbocycles. The van der Waals surface area contributed by atoms with Gasteiger partial charge in [0.2, 0.25) is 0 Å². The van der Waals surface area contributed by atoms with Crippen molar-refractivity contribution in [1.82, 2.24) is 19.7 Å². The summed E-state index contributed by atoms with van der Waals surface area (Å²) in [4.78, 5) is 9.11. The normalized spacial score (nSPS) is 10.7. The third-order valence-corrected chi connectivity index (χ3v) is 3.58. The topological polar surface area (TPSA) is 55.6 Å². The average molecular weight is 310 g/mol. The van der Waals surface area contributed by atoms with Crippen molar-refractivity contribution in [1.29, 1.82) is 0 Å². The fourth-order valence-corrected chi connectivity index (χ4v) is 2.49. The Kier molecular flexibility index (Phi) is 3.65. The van der Waals surface area contributed by atoms with Crippen LogP contribution in [0.15, 0.2) is 10.7 Å². The lowest BCUT2D eigenvalue weighted by Gasteiger charge is -2.09. The number of hydrogen-bond donors (Lipinski definition) is 1. The van der Waals surface area contributed by atoms with Crippen LogP contribution in [0.2, 0.25) is 0 Å². The molecule has 0 saturated carbocycles. The first kappa shape index (κ1) is 13.0. The molecule has 5 nitrogen and oxygen atoms in total. The molecule has 1 N–H and O–H groups in total. The molecule has 0 unspecified atom stereocenters. The smallest absolute Gasteiger partial charge is 0.165 e. The highest BCUT2D eigenvalue weighted by atomic mass is 79.9. The van der Waals surface area contributed by atoms with E-state index in [1.807, 2.05) is 27.2 Å². The summed E-state index contributed by atoms with van der Waals surface area (Å²) in [5.41, 5.74) is 2.90. The zero-order valence-corrected chi connectivity index (χ0v) is 12.5. The Morgan fingerprint density at radius 3 is 2.61 bits per heavy atom. The van der Waals surface area contributed by atoms with Crippen LogP contribution in [-0.4, -0.2) is 26.8 Å². The molecule has 0 fully saturated rings. The Morgan fingerprint density at radius 1 is 1.39 bits per heavy atom. The summed E-state index contributed by atoms with van der Waals surface area (Å²) in [5, 5.41) is 7.41. The monoisotopic (exact) mass is 309 g/mol. The van der Waals surface area contributed by atoms with Crippen LogP contribution in [0.5, 0.6) is 0 Å². The number of nitrogens with zero attached hydrogens (tertiary/aromatic N) is 4. The van der Waals surface area contributed by atoms with Crippen molar-refractivity contribution in [2.45, 2.75) is 20.3 Å². The summed E-state index contributed by atoms with van der Waals surface area (Å²) in [6.45, 7) is 4.04. The first-order valence-corrected chi connectivity index (χ1v) is 6.60. The first-order chi connectivity index (χ1) is 8.56. The first-order valence-electron chi connectivity index (χ1n) is 5.81. The Labute approximate surface area is 115 Å². The number of aryl methyl sites for hydroxylation is 3. The van der Waals surface area contributed by atoms with Crippen molar-refractivity contribution in [2.24, 2.45) is 7.05 Å². The fourth-order valence-electron chi connectivity index (χ4n) is 1.83. The average Bonchev–Trinajstić information content (AvgIpc) is 2.69. The predicted octanol–water partition coefficient (Wildman–Crippen LogP) is 2.55. The van der Waals surface area contributed by atoms with Crippen molar-refractivity contribution in [2.75, 3.05) is 12.4 Å². The molecule has 0 bridgehead atoms. The quantitative estimate of drug-likeness (QED) is 0.946. The molecule has 0 aromatic carbocycles. The summed E-state index contributed by atoms with van der Waals surface area (Å²) in [6.07, 6.45) is 2.79. The zero-order valence-electron chi connectivity index (χ0n) is 11.0. The summed E-state index contributed by atoms with van der Waals surface area (Å²) in [5.74, 6) is 1.52. The van der Waals surface area contributed by atoms with Crippen molar-refractivity contribution < 1.29 is 0 Å². The maximum atomic E-state index is 4.59. The van der Waals surface area contributed by atoms with Gasteiger partial charge in [0.1, 0.15) is 5.82 Å². The van der Waals surface area contributed by atoms with E-state index in [9.17, 15) is 0 Å². The third kappa shape index (κ3) is 2.25. The number of anilines is 1. The van der Waals surface area contributed by atoms with E-state index in [1.54, 1.807) is 4.68 Å². The number of hydrogen-bond acceptors (Lipinski definition) is 4. The number of halogens is 1. The molecule has 0 aliphatic rings. The van der Waals surface area contributed by atoms with Gasteiger partial charge < -0.3 is 5.32 Å². The molecule has 0 aliphatic heterocycles. The van der Waals surface area contributed by atoms with Crippen LogP contribution < -0.4 is 5.32 Å². The molecule has 0 amide bonds. The summed E-state index contributed by atoms with van der Waals surface area (Å²) < 4.78 is 2.71. The SMILES string of the molecule is CCc1nc(-c2cn(C)nc2C)nc(NC)c1Br. The van der Waals surface area contributed by atoms with E-state index >= 15 is 0 Å². The van der Waals surface area contributed by atoms with E-state index < -0.39 is 0 Å². The lowest BCUT2D eigenvalue weighted by molar-refractivity contribution is 0.756. The summed E-state index contributed by atoms with van der Waals surface area (Å²) in [6, 6.07) is 0. The van der Waals surface area contributed by atoms with Gasteiger partial charge >= 0.3 is 0 Å². The fraction of sp³-hybridized carbons (Fsp3) is 0.417. The second-order valence-electron chi connectivity index (χ2n) is 4.06. The van der Waals surface area contributed by atoms with Crippen LogP contribution in [0.3, 0.4) is 0 Å². The van der Waals surface area contributed by atoms with Gasteiger partial charge in [0.15, 0.2) is 5.82 Å². The van der Waals surface area contributed by atoms with Gasteiger partial charge in [-0.05, 0) is 29.3 Å². The highest BCUT2D eigenvalue weighted by molar-refractivity contribution is 9.10. The van der Waals surface area contributed by atoms with E-state index in [2.05, 4.69) is 43.2 Å². The van der Waals surface area contributed by atoms with E-state index in [-0.39, 0.29) is 0 Å². The Balaban J connectivity index is 2.61. The second kappa shape index (κ2) is 5.06. The maximum Gasteiger partial charge on any atom is 0.165 e. The van der Waals surface area contributed by atoms with Gasteiger partial charge in [0.25, 0.3) is 0 Å². The zero-order chi connectivity index (χ0) is 13.3. The van der Waals surface area contributed by atoms with E-state index in [0.29, 0.717) is 5.82 Å². The van der Waals surface area contributed by atoms with Crippen molar-refractivity contribution in [3.63, 3.8) is 0 Å². The highest BCUT2D eigenvalue weighted by Crippen LogP contribution is 2.28. The number of nitrogens with one attached hydrogen (secondary N) is 1. The van der Waals surface area contributed by atoms with E-state index in [1.165, 1.54) is 0 Å². The highest BCUT2D eigenvalue weighted by Gasteiger charge is 2.14. The lowest BCUT2D eigenvalue weighted by Crippen LogP contribution is -2.02. The summed E-state index contributed by atoms with van der Waals surface area (Å²) >= 11 is 3.52. The van der Waals surface area contributed by atoms with Gasteiger partial charge in [-0.15, -0.1) is 0 Å². The Bertz CT molecular complexity index is 551. The molecule has 0 spiro atoms. The van der Waals surface area contributed by atoms with Gasteiger partial charge in [-0.2, -0.15) is 5.10 Å². The van der Waals surface area contributed by atoms with Crippen molar-refractivity contribution in [3.05, 3.63) is 22.1 Å². The number of aromatic nitrogens is 4.